The molecule has 0 saturated heterocycles. The number of hydrogen-bond acceptors (Lipinski definition) is 5. The standard InChI is InChI=1S/C25H22N2O4/c1-15-12-13-20(16(2)14-15)26-23(28)17(3)30-25(29)19-9-5-4-8-18(19)24-27-21-10-6-7-11-22(21)31-24/h4-14,17H,1-3H3,(H,26,28). The number of amides is 1. The Bertz CT molecular complexity index is 1240. The molecule has 0 aliphatic heterocycles. The Labute approximate surface area is 179 Å². The van der Waals surface area contributed by atoms with Gasteiger partial charge >= 0.3 is 5.97 Å². The lowest BCUT2D eigenvalue weighted by atomic mass is 10.1. The lowest BCUT2D eigenvalue weighted by Crippen LogP contribution is -2.30. The molecule has 4 rings (SSSR count). The zero-order chi connectivity index (χ0) is 22.0. The van der Waals surface area contributed by atoms with Crippen molar-refractivity contribution < 1.29 is 18.7 Å². The Morgan fingerprint density at radius 1 is 1.00 bits per heavy atom. The number of carbonyl (C=O) groups excluding carboxylic acids is 2. The van der Waals surface area contributed by atoms with E-state index >= 15 is 0 Å². The summed E-state index contributed by atoms with van der Waals surface area (Å²) in [6, 6.07) is 20.0. The Hall–Kier alpha value is -3.93. The van der Waals surface area contributed by atoms with Gasteiger partial charge in [-0.1, -0.05) is 42.0 Å². The summed E-state index contributed by atoms with van der Waals surface area (Å²) in [6.07, 6.45) is -0.982. The summed E-state index contributed by atoms with van der Waals surface area (Å²) in [5, 5.41) is 2.81. The van der Waals surface area contributed by atoms with E-state index in [0.717, 1.165) is 11.1 Å². The van der Waals surface area contributed by atoms with E-state index in [1.165, 1.54) is 0 Å². The molecule has 0 radical (unpaired) electrons. The largest absolute Gasteiger partial charge is 0.449 e. The molecule has 31 heavy (non-hydrogen) atoms. The maximum Gasteiger partial charge on any atom is 0.339 e. The van der Waals surface area contributed by atoms with Crippen molar-refractivity contribution in [2.75, 3.05) is 5.32 Å². The van der Waals surface area contributed by atoms with Crippen molar-refractivity contribution in [2.45, 2.75) is 26.9 Å². The number of carbonyl (C=O) groups is 2. The van der Waals surface area contributed by atoms with E-state index in [0.29, 0.717) is 28.2 Å². The zero-order valence-corrected chi connectivity index (χ0v) is 17.5. The van der Waals surface area contributed by atoms with E-state index in [4.69, 9.17) is 9.15 Å². The first-order valence-corrected chi connectivity index (χ1v) is 9.96. The van der Waals surface area contributed by atoms with Crippen molar-refractivity contribution in [3.63, 3.8) is 0 Å². The number of oxazole rings is 1. The third-order valence-corrected chi connectivity index (χ3v) is 4.96. The Morgan fingerprint density at radius 2 is 1.74 bits per heavy atom. The molecule has 0 bridgehead atoms. The van der Waals surface area contributed by atoms with E-state index < -0.39 is 18.0 Å². The fourth-order valence-electron chi connectivity index (χ4n) is 3.30. The van der Waals surface area contributed by atoms with Gasteiger partial charge in [0.2, 0.25) is 5.89 Å². The molecule has 6 heteroatoms. The summed E-state index contributed by atoms with van der Waals surface area (Å²) in [6.45, 7) is 5.44. The highest BCUT2D eigenvalue weighted by atomic mass is 16.5. The van der Waals surface area contributed by atoms with Gasteiger partial charge in [-0.2, -0.15) is 0 Å². The first kappa shape index (κ1) is 20.3. The molecule has 0 saturated carbocycles. The number of anilines is 1. The molecule has 1 amide bonds. The van der Waals surface area contributed by atoms with E-state index in [-0.39, 0.29) is 5.56 Å². The Balaban J connectivity index is 1.52. The van der Waals surface area contributed by atoms with E-state index in [1.807, 2.05) is 56.3 Å². The topological polar surface area (TPSA) is 81.4 Å². The molecule has 3 aromatic carbocycles. The maximum atomic E-state index is 12.9. The fraction of sp³-hybridized carbons (Fsp3) is 0.160. The summed E-state index contributed by atoms with van der Waals surface area (Å²) < 4.78 is 11.3. The van der Waals surface area contributed by atoms with Gasteiger partial charge in [-0.15, -0.1) is 0 Å². The highest BCUT2D eigenvalue weighted by molar-refractivity contribution is 6.00. The minimum atomic E-state index is -0.982. The van der Waals surface area contributed by atoms with Crippen LogP contribution in [0.25, 0.3) is 22.6 Å². The Kier molecular flexibility index (Phi) is 5.54. The number of para-hydroxylation sites is 2. The fourth-order valence-corrected chi connectivity index (χ4v) is 3.30. The van der Waals surface area contributed by atoms with E-state index in [1.54, 1.807) is 31.2 Å². The normalized spacial score (nSPS) is 11.8. The van der Waals surface area contributed by atoms with Crippen LogP contribution in [0.2, 0.25) is 0 Å². The van der Waals surface area contributed by atoms with Crippen LogP contribution in [0, 0.1) is 13.8 Å². The van der Waals surface area contributed by atoms with Crippen LogP contribution >= 0.6 is 0 Å². The van der Waals surface area contributed by atoms with Crippen LogP contribution in [-0.4, -0.2) is 23.0 Å². The van der Waals surface area contributed by atoms with Crippen LogP contribution < -0.4 is 5.32 Å². The van der Waals surface area contributed by atoms with Crippen LogP contribution in [0.5, 0.6) is 0 Å². The number of nitrogens with zero attached hydrogens (tertiary/aromatic N) is 1. The SMILES string of the molecule is Cc1ccc(NC(=O)C(C)OC(=O)c2ccccc2-c2nc3ccccc3o2)c(C)c1. The number of rotatable bonds is 5. The maximum absolute atomic E-state index is 12.9. The predicted octanol–water partition coefficient (Wildman–Crippen LogP) is 5.30. The Morgan fingerprint density at radius 3 is 2.52 bits per heavy atom. The molecule has 1 atom stereocenters. The summed E-state index contributed by atoms with van der Waals surface area (Å²) in [4.78, 5) is 29.9. The minimum Gasteiger partial charge on any atom is -0.449 e. The monoisotopic (exact) mass is 414 g/mol. The van der Waals surface area contributed by atoms with Gasteiger partial charge in [0.05, 0.1) is 11.1 Å². The van der Waals surface area contributed by atoms with Crippen molar-refractivity contribution in [2.24, 2.45) is 0 Å². The van der Waals surface area contributed by atoms with Gasteiger partial charge in [0.15, 0.2) is 11.7 Å². The second kappa shape index (κ2) is 8.44. The number of benzene rings is 3. The second-order valence-electron chi connectivity index (χ2n) is 7.39. The van der Waals surface area contributed by atoms with Crippen molar-refractivity contribution in [1.82, 2.24) is 4.98 Å². The molecule has 0 aliphatic carbocycles. The molecule has 0 fully saturated rings. The number of aromatic nitrogens is 1. The first-order chi connectivity index (χ1) is 14.9. The number of ether oxygens (including phenoxy) is 1. The summed E-state index contributed by atoms with van der Waals surface area (Å²) >= 11 is 0. The minimum absolute atomic E-state index is 0.278. The molecule has 1 heterocycles. The number of nitrogens with one attached hydrogen (secondary N) is 1. The molecular weight excluding hydrogens is 392 g/mol. The van der Waals surface area contributed by atoms with E-state index in [2.05, 4.69) is 10.3 Å². The molecule has 1 unspecified atom stereocenters. The van der Waals surface area contributed by atoms with Crippen LogP contribution in [-0.2, 0) is 9.53 Å². The summed E-state index contributed by atoms with van der Waals surface area (Å²) in [7, 11) is 0. The van der Waals surface area contributed by atoms with Gasteiger partial charge in [-0.3, -0.25) is 4.79 Å². The smallest absolute Gasteiger partial charge is 0.339 e. The highest BCUT2D eigenvalue weighted by Gasteiger charge is 2.23. The molecule has 6 nitrogen and oxygen atoms in total. The van der Waals surface area contributed by atoms with Crippen molar-refractivity contribution >= 4 is 28.7 Å². The third kappa shape index (κ3) is 4.33. The number of aryl methyl sites for hydroxylation is 2. The van der Waals surface area contributed by atoms with Gasteiger partial charge in [0.25, 0.3) is 5.91 Å². The number of esters is 1. The van der Waals surface area contributed by atoms with Crippen molar-refractivity contribution in [1.29, 1.82) is 0 Å². The molecule has 1 aromatic heterocycles. The number of hydrogen-bond donors (Lipinski definition) is 1. The van der Waals surface area contributed by atoms with Crippen LogP contribution in [0.15, 0.2) is 71.1 Å². The molecule has 0 aliphatic rings. The average molecular weight is 414 g/mol. The lowest BCUT2D eigenvalue weighted by molar-refractivity contribution is -0.123. The average Bonchev–Trinajstić information content (AvgIpc) is 3.19. The molecular formula is C25H22N2O4. The van der Waals surface area contributed by atoms with Crippen LogP contribution in [0.4, 0.5) is 5.69 Å². The quantitative estimate of drug-likeness (QED) is 0.449. The van der Waals surface area contributed by atoms with Crippen molar-refractivity contribution in [3.05, 3.63) is 83.4 Å². The van der Waals surface area contributed by atoms with Crippen molar-refractivity contribution in [3.8, 4) is 11.5 Å². The first-order valence-electron chi connectivity index (χ1n) is 9.96. The molecule has 156 valence electrons. The summed E-state index contributed by atoms with van der Waals surface area (Å²) in [5.41, 5.74) is 4.83. The second-order valence-corrected chi connectivity index (χ2v) is 7.39. The van der Waals surface area contributed by atoms with Crippen LogP contribution in [0.1, 0.15) is 28.4 Å². The predicted molar refractivity (Wildman–Crippen MR) is 119 cm³/mol. The lowest BCUT2D eigenvalue weighted by Gasteiger charge is -2.15. The van der Waals surface area contributed by atoms with E-state index in [9.17, 15) is 9.59 Å². The highest BCUT2D eigenvalue weighted by Crippen LogP contribution is 2.27. The van der Waals surface area contributed by atoms with Gasteiger partial charge in [0.1, 0.15) is 5.52 Å². The van der Waals surface area contributed by atoms with Gasteiger partial charge in [-0.25, -0.2) is 9.78 Å². The van der Waals surface area contributed by atoms with Gasteiger partial charge in [-0.05, 0) is 56.7 Å². The third-order valence-electron chi connectivity index (χ3n) is 4.96. The molecule has 1 N–H and O–H groups in total. The van der Waals surface area contributed by atoms with Gasteiger partial charge in [0, 0.05) is 5.69 Å². The molecule has 0 spiro atoms. The van der Waals surface area contributed by atoms with Crippen LogP contribution in [0.3, 0.4) is 0 Å². The zero-order valence-electron chi connectivity index (χ0n) is 17.5. The summed E-state index contributed by atoms with van der Waals surface area (Å²) in [5.74, 6) is -0.707. The van der Waals surface area contributed by atoms with Gasteiger partial charge < -0.3 is 14.5 Å². The number of fused-ring (bicyclic) bond motifs is 1. The molecule has 4 aromatic rings.